The van der Waals surface area contributed by atoms with Crippen molar-refractivity contribution in [1.82, 2.24) is 5.32 Å². The molecule has 2 atom stereocenters. The summed E-state index contributed by atoms with van der Waals surface area (Å²) in [6, 6.07) is -0.744. The molecule has 0 aromatic rings. The maximum Gasteiger partial charge on any atom is 0.326 e. The van der Waals surface area contributed by atoms with Crippen LogP contribution >= 0.6 is 0 Å². The second-order valence-corrected chi connectivity index (χ2v) is 5.46. The van der Waals surface area contributed by atoms with Gasteiger partial charge in [0.05, 0.1) is 0 Å². The number of hydrogen-bond acceptors (Lipinski definition) is 2. The molecule has 4 nitrogen and oxygen atoms in total. The molecule has 0 aromatic heterocycles. The van der Waals surface area contributed by atoms with E-state index in [0.717, 1.165) is 12.8 Å². The van der Waals surface area contributed by atoms with Crippen molar-refractivity contribution in [2.24, 2.45) is 11.8 Å². The van der Waals surface area contributed by atoms with Gasteiger partial charge in [-0.3, -0.25) is 4.79 Å². The largest absolute Gasteiger partial charge is 0.480 e. The van der Waals surface area contributed by atoms with Crippen LogP contribution < -0.4 is 5.32 Å². The van der Waals surface area contributed by atoms with Gasteiger partial charge in [-0.15, -0.1) is 0 Å². The quantitative estimate of drug-likeness (QED) is 0.734. The summed E-state index contributed by atoms with van der Waals surface area (Å²) in [4.78, 5) is 22.8. The fourth-order valence-electron chi connectivity index (χ4n) is 2.56. The van der Waals surface area contributed by atoms with Gasteiger partial charge >= 0.3 is 5.97 Å². The molecule has 18 heavy (non-hydrogen) atoms. The number of nitrogens with one attached hydrogen (secondary N) is 1. The first kappa shape index (κ1) is 15.0. The molecule has 104 valence electrons. The highest BCUT2D eigenvalue weighted by atomic mass is 16.4. The average molecular weight is 255 g/mol. The van der Waals surface area contributed by atoms with Gasteiger partial charge in [0.15, 0.2) is 0 Å². The van der Waals surface area contributed by atoms with Gasteiger partial charge in [0, 0.05) is 6.42 Å². The molecule has 1 rings (SSSR count). The molecule has 1 saturated carbocycles. The molecule has 0 bridgehead atoms. The second-order valence-electron chi connectivity index (χ2n) is 5.46. The lowest BCUT2D eigenvalue weighted by Crippen LogP contribution is -2.45. The molecule has 0 aromatic carbocycles. The zero-order valence-corrected chi connectivity index (χ0v) is 11.4. The maximum absolute atomic E-state index is 11.8. The van der Waals surface area contributed by atoms with E-state index in [1.165, 1.54) is 25.7 Å². The third-order valence-electron chi connectivity index (χ3n) is 4.05. The van der Waals surface area contributed by atoms with Crippen LogP contribution in [-0.4, -0.2) is 23.0 Å². The van der Waals surface area contributed by atoms with E-state index in [1.54, 1.807) is 0 Å². The monoisotopic (exact) mass is 255 g/mol. The number of aliphatic carboxylic acids is 1. The second kappa shape index (κ2) is 7.39. The summed E-state index contributed by atoms with van der Waals surface area (Å²) in [5.41, 5.74) is 0. The van der Waals surface area contributed by atoms with Gasteiger partial charge in [-0.2, -0.15) is 0 Å². The van der Waals surface area contributed by atoms with Crippen molar-refractivity contribution in [3.05, 3.63) is 0 Å². The SMILES string of the molecule is CCC(C)[C@H](NC(=O)CCC1CCCC1)C(=O)O. The summed E-state index contributed by atoms with van der Waals surface area (Å²) in [6.45, 7) is 3.79. The zero-order chi connectivity index (χ0) is 13.5. The summed E-state index contributed by atoms with van der Waals surface area (Å²) in [5, 5.41) is 11.7. The average Bonchev–Trinajstić information content (AvgIpc) is 2.85. The van der Waals surface area contributed by atoms with Gasteiger partial charge < -0.3 is 10.4 Å². The Labute approximate surface area is 109 Å². The van der Waals surface area contributed by atoms with E-state index in [9.17, 15) is 9.59 Å². The highest BCUT2D eigenvalue weighted by Crippen LogP contribution is 2.28. The number of amides is 1. The van der Waals surface area contributed by atoms with Crippen LogP contribution in [0.3, 0.4) is 0 Å². The Kier molecular flexibility index (Phi) is 6.16. The minimum atomic E-state index is -0.932. The van der Waals surface area contributed by atoms with E-state index in [1.807, 2.05) is 13.8 Å². The molecule has 1 unspecified atom stereocenters. The van der Waals surface area contributed by atoms with E-state index >= 15 is 0 Å². The number of carboxylic acid groups (broad SMARTS) is 1. The fraction of sp³-hybridized carbons (Fsp3) is 0.857. The molecule has 1 aliphatic rings. The molecule has 0 aliphatic heterocycles. The van der Waals surface area contributed by atoms with Gasteiger partial charge in [0.1, 0.15) is 6.04 Å². The Balaban J connectivity index is 2.33. The predicted octanol–water partition coefficient (Wildman–Crippen LogP) is 2.57. The number of rotatable bonds is 7. The highest BCUT2D eigenvalue weighted by Gasteiger charge is 2.25. The van der Waals surface area contributed by atoms with E-state index in [4.69, 9.17) is 5.11 Å². The summed E-state index contributed by atoms with van der Waals surface area (Å²) in [7, 11) is 0. The van der Waals surface area contributed by atoms with Crippen LogP contribution in [0.1, 0.15) is 58.8 Å². The predicted molar refractivity (Wildman–Crippen MR) is 70.2 cm³/mol. The number of carbonyl (C=O) groups excluding carboxylic acids is 1. The molecule has 4 heteroatoms. The smallest absolute Gasteiger partial charge is 0.326 e. The topological polar surface area (TPSA) is 66.4 Å². The Morgan fingerprint density at radius 1 is 1.33 bits per heavy atom. The molecule has 1 amide bonds. The molecule has 0 spiro atoms. The molecule has 0 radical (unpaired) electrons. The van der Waals surface area contributed by atoms with Crippen LogP contribution in [-0.2, 0) is 9.59 Å². The first-order chi connectivity index (χ1) is 8.54. The standard InChI is InChI=1S/C14H25NO3/c1-3-10(2)13(14(17)18)15-12(16)9-8-11-6-4-5-7-11/h10-11,13H,3-9H2,1-2H3,(H,15,16)(H,17,18)/t10?,13-/m0/s1. The van der Waals surface area contributed by atoms with Crippen molar-refractivity contribution in [3.8, 4) is 0 Å². The first-order valence-electron chi connectivity index (χ1n) is 7.06. The Morgan fingerprint density at radius 3 is 2.44 bits per heavy atom. The molecule has 2 N–H and O–H groups in total. The van der Waals surface area contributed by atoms with E-state index < -0.39 is 12.0 Å². The van der Waals surface area contributed by atoms with E-state index in [0.29, 0.717) is 12.3 Å². The van der Waals surface area contributed by atoms with Crippen molar-refractivity contribution in [3.63, 3.8) is 0 Å². The van der Waals surface area contributed by atoms with Crippen LogP contribution in [0.2, 0.25) is 0 Å². The molecule has 0 saturated heterocycles. The number of carboxylic acids is 1. The van der Waals surface area contributed by atoms with Crippen LogP contribution in [0.15, 0.2) is 0 Å². The van der Waals surface area contributed by atoms with Crippen LogP contribution in [0, 0.1) is 11.8 Å². The van der Waals surface area contributed by atoms with E-state index in [-0.39, 0.29) is 11.8 Å². The summed E-state index contributed by atoms with van der Waals surface area (Å²) in [5.74, 6) is -0.409. The van der Waals surface area contributed by atoms with Crippen LogP contribution in [0.4, 0.5) is 0 Å². The van der Waals surface area contributed by atoms with Crippen molar-refractivity contribution >= 4 is 11.9 Å². The Hall–Kier alpha value is -1.06. The van der Waals surface area contributed by atoms with Gasteiger partial charge in [0.2, 0.25) is 5.91 Å². The van der Waals surface area contributed by atoms with Gasteiger partial charge in [-0.1, -0.05) is 46.0 Å². The van der Waals surface area contributed by atoms with Crippen molar-refractivity contribution < 1.29 is 14.7 Å². The third kappa shape index (κ3) is 4.67. The minimum absolute atomic E-state index is 0.0297. The lowest BCUT2D eigenvalue weighted by Gasteiger charge is -2.20. The summed E-state index contributed by atoms with van der Waals surface area (Å²) < 4.78 is 0. The van der Waals surface area contributed by atoms with Crippen LogP contribution in [0.5, 0.6) is 0 Å². The Morgan fingerprint density at radius 2 is 1.94 bits per heavy atom. The number of hydrogen-bond donors (Lipinski definition) is 2. The first-order valence-corrected chi connectivity index (χ1v) is 7.06. The van der Waals surface area contributed by atoms with Gasteiger partial charge in [0.25, 0.3) is 0 Å². The fourth-order valence-corrected chi connectivity index (χ4v) is 2.56. The third-order valence-corrected chi connectivity index (χ3v) is 4.05. The highest BCUT2D eigenvalue weighted by molar-refractivity contribution is 5.83. The molecule has 0 heterocycles. The lowest BCUT2D eigenvalue weighted by molar-refractivity contribution is -0.143. The van der Waals surface area contributed by atoms with E-state index in [2.05, 4.69) is 5.32 Å². The van der Waals surface area contributed by atoms with Crippen molar-refractivity contribution in [2.75, 3.05) is 0 Å². The van der Waals surface area contributed by atoms with Gasteiger partial charge in [-0.25, -0.2) is 4.79 Å². The zero-order valence-electron chi connectivity index (χ0n) is 11.4. The molecule has 1 aliphatic carbocycles. The number of carbonyl (C=O) groups is 2. The van der Waals surface area contributed by atoms with Gasteiger partial charge in [-0.05, 0) is 18.3 Å². The minimum Gasteiger partial charge on any atom is -0.480 e. The Bertz CT molecular complexity index is 285. The summed E-state index contributed by atoms with van der Waals surface area (Å²) in [6.07, 6.45) is 7.11. The normalized spacial score (nSPS) is 19.4. The summed E-state index contributed by atoms with van der Waals surface area (Å²) >= 11 is 0. The lowest BCUT2D eigenvalue weighted by atomic mass is 9.98. The van der Waals surface area contributed by atoms with Crippen LogP contribution in [0.25, 0.3) is 0 Å². The maximum atomic E-state index is 11.8. The molecular weight excluding hydrogens is 230 g/mol. The molecular formula is C14H25NO3. The van der Waals surface area contributed by atoms with Crippen molar-refractivity contribution in [2.45, 2.75) is 64.8 Å². The van der Waals surface area contributed by atoms with Crippen molar-refractivity contribution in [1.29, 1.82) is 0 Å². The molecule has 1 fully saturated rings.